The van der Waals surface area contributed by atoms with Crippen LogP contribution in [0.4, 0.5) is 0 Å². The molecule has 0 unspecified atom stereocenters. The van der Waals surface area contributed by atoms with E-state index in [2.05, 4.69) is 84.0 Å². The fourth-order valence-corrected chi connectivity index (χ4v) is 5.43. The normalized spacial score (nSPS) is 11.8. The first-order valence-electron chi connectivity index (χ1n) is 9.89. The summed E-state index contributed by atoms with van der Waals surface area (Å²) >= 11 is 1.88. The lowest BCUT2D eigenvalue weighted by atomic mass is 9.58. The first-order valence-corrected chi connectivity index (χ1v) is 10.7. The standard InChI is InChI=1S/C25H29BS/c1-7-25(26,8-2)24-18(5)16(3)23(17(4)19(24)6)22-15-14-21(27-22)20-12-10-9-11-13-20/h9-15H,7-8H2,1-6H3. The fourth-order valence-electron chi connectivity index (χ4n) is 4.26. The molecule has 1 aromatic heterocycles. The molecule has 0 nitrogen and oxygen atoms in total. The van der Waals surface area contributed by atoms with E-state index in [0.29, 0.717) is 0 Å². The molecule has 2 aromatic carbocycles. The van der Waals surface area contributed by atoms with Crippen molar-refractivity contribution in [2.45, 2.75) is 59.7 Å². The van der Waals surface area contributed by atoms with E-state index >= 15 is 0 Å². The van der Waals surface area contributed by atoms with Crippen molar-refractivity contribution in [3.8, 4) is 20.9 Å². The molecule has 0 spiro atoms. The third kappa shape index (κ3) is 3.40. The number of rotatable bonds is 5. The van der Waals surface area contributed by atoms with Gasteiger partial charge in [-0.3, -0.25) is 0 Å². The van der Waals surface area contributed by atoms with E-state index in [9.17, 15) is 0 Å². The zero-order chi connectivity index (χ0) is 19.8. The van der Waals surface area contributed by atoms with Crippen LogP contribution in [0.25, 0.3) is 20.9 Å². The van der Waals surface area contributed by atoms with Crippen molar-refractivity contribution in [3.63, 3.8) is 0 Å². The minimum atomic E-state index is -0.243. The minimum absolute atomic E-state index is 0.243. The highest BCUT2D eigenvalue weighted by Gasteiger charge is 2.28. The fraction of sp³-hybridized carbons (Fsp3) is 0.360. The monoisotopic (exact) mass is 372 g/mol. The Morgan fingerprint density at radius 3 is 1.78 bits per heavy atom. The summed E-state index contributed by atoms with van der Waals surface area (Å²) in [6, 6.07) is 15.2. The van der Waals surface area contributed by atoms with Crippen molar-refractivity contribution in [3.05, 3.63) is 70.3 Å². The van der Waals surface area contributed by atoms with Crippen LogP contribution in [-0.4, -0.2) is 7.85 Å². The van der Waals surface area contributed by atoms with E-state index in [1.807, 2.05) is 11.3 Å². The lowest BCUT2D eigenvalue weighted by Crippen LogP contribution is -2.28. The molecule has 0 amide bonds. The van der Waals surface area contributed by atoms with Gasteiger partial charge >= 0.3 is 0 Å². The van der Waals surface area contributed by atoms with E-state index in [0.717, 1.165) is 12.8 Å². The molecule has 2 heteroatoms. The van der Waals surface area contributed by atoms with E-state index < -0.39 is 0 Å². The van der Waals surface area contributed by atoms with Gasteiger partial charge < -0.3 is 0 Å². The molecule has 0 aliphatic carbocycles. The van der Waals surface area contributed by atoms with Crippen LogP contribution >= 0.6 is 11.3 Å². The molecule has 0 aliphatic rings. The summed E-state index contributed by atoms with van der Waals surface area (Å²) in [7, 11) is 6.83. The van der Waals surface area contributed by atoms with Gasteiger partial charge in [-0.25, -0.2) is 0 Å². The maximum atomic E-state index is 6.83. The summed E-state index contributed by atoms with van der Waals surface area (Å²) in [4.78, 5) is 2.66. The Kier molecular flexibility index (Phi) is 5.67. The highest BCUT2D eigenvalue weighted by atomic mass is 32.1. The number of thiophene rings is 1. The Hall–Kier alpha value is -1.80. The second-order valence-corrected chi connectivity index (χ2v) is 8.73. The van der Waals surface area contributed by atoms with Gasteiger partial charge in [-0.1, -0.05) is 57.0 Å². The molecule has 2 radical (unpaired) electrons. The quantitative estimate of drug-likeness (QED) is 0.407. The molecule has 138 valence electrons. The van der Waals surface area contributed by atoms with Crippen LogP contribution in [0.5, 0.6) is 0 Å². The summed E-state index contributed by atoms with van der Waals surface area (Å²) in [5.74, 6) is 0. The Labute approximate surface area is 170 Å². The SMILES string of the molecule is [B]C(CC)(CC)c1c(C)c(C)c(-c2ccc(-c3ccccc3)s2)c(C)c1C. The number of benzene rings is 2. The molecule has 0 aliphatic heterocycles. The van der Waals surface area contributed by atoms with Gasteiger partial charge in [0.2, 0.25) is 0 Å². The van der Waals surface area contributed by atoms with Gasteiger partial charge in [-0.2, -0.15) is 0 Å². The number of hydrogen-bond acceptors (Lipinski definition) is 1. The maximum Gasteiger partial charge on any atom is 0.0810 e. The second-order valence-electron chi connectivity index (χ2n) is 7.64. The first kappa shape index (κ1) is 20.0. The molecule has 1 heterocycles. The second kappa shape index (κ2) is 7.68. The molecular formula is C25H29BS. The van der Waals surface area contributed by atoms with Crippen LogP contribution < -0.4 is 0 Å². The van der Waals surface area contributed by atoms with Crippen LogP contribution in [0.15, 0.2) is 42.5 Å². The molecule has 0 fully saturated rings. The molecule has 3 aromatic rings. The van der Waals surface area contributed by atoms with Crippen molar-refractivity contribution in [1.82, 2.24) is 0 Å². The van der Waals surface area contributed by atoms with Crippen LogP contribution in [-0.2, 0) is 5.31 Å². The van der Waals surface area contributed by atoms with Gasteiger partial charge in [-0.05, 0) is 84.1 Å². The van der Waals surface area contributed by atoms with Crippen molar-refractivity contribution in [2.24, 2.45) is 0 Å². The average molecular weight is 372 g/mol. The zero-order valence-corrected chi connectivity index (χ0v) is 18.3. The topological polar surface area (TPSA) is 0 Å². The molecule has 0 N–H and O–H groups in total. The van der Waals surface area contributed by atoms with Crippen LogP contribution in [0.1, 0.15) is 54.5 Å². The molecule has 0 bridgehead atoms. The lowest BCUT2D eigenvalue weighted by molar-refractivity contribution is 0.557. The van der Waals surface area contributed by atoms with Crippen LogP contribution in [0.2, 0.25) is 0 Å². The van der Waals surface area contributed by atoms with Crippen molar-refractivity contribution < 1.29 is 0 Å². The predicted octanol–water partition coefficient (Wildman–Crippen LogP) is 7.50. The van der Waals surface area contributed by atoms with Crippen molar-refractivity contribution >= 4 is 19.2 Å². The van der Waals surface area contributed by atoms with Crippen LogP contribution in [0.3, 0.4) is 0 Å². The number of hydrogen-bond donors (Lipinski definition) is 0. The molecular weight excluding hydrogens is 343 g/mol. The van der Waals surface area contributed by atoms with E-state index in [-0.39, 0.29) is 5.31 Å². The molecule has 0 saturated heterocycles. The van der Waals surface area contributed by atoms with Gasteiger partial charge in [0.15, 0.2) is 0 Å². The summed E-state index contributed by atoms with van der Waals surface area (Å²) in [6.45, 7) is 13.4. The smallest absolute Gasteiger partial charge is 0.0810 e. The van der Waals surface area contributed by atoms with Crippen LogP contribution in [0, 0.1) is 27.7 Å². The summed E-state index contributed by atoms with van der Waals surface area (Å²) in [5.41, 5.74) is 9.47. The Morgan fingerprint density at radius 2 is 1.26 bits per heavy atom. The predicted molar refractivity (Wildman–Crippen MR) is 122 cm³/mol. The zero-order valence-electron chi connectivity index (χ0n) is 17.4. The van der Waals surface area contributed by atoms with E-state index in [4.69, 9.17) is 7.85 Å². The minimum Gasteiger partial charge on any atom is -0.135 e. The summed E-state index contributed by atoms with van der Waals surface area (Å²) in [5, 5.41) is -0.243. The van der Waals surface area contributed by atoms with Gasteiger partial charge in [0.05, 0.1) is 7.85 Å². The Balaban J connectivity index is 2.18. The van der Waals surface area contributed by atoms with E-state index in [1.165, 1.54) is 48.7 Å². The third-order valence-corrected chi connectivity index (χ3v) is 7.45. The highest BCUT2D eigenvalue weighted by molar-refractivity contribution is 7.18. The molecule has 3 rings (SSSR count). The third-order valence-electron chi connectivity index (χ3n) is 6.30. The average Bonchev–Trinajstić information content (AvgIpc) is 3.17. The summed E-state index contributed by atoms with van der Waals surface area (Å²) in [6.07, 6.45) is 1.92. The highest BCUT2D eigenvalue weighted by Crippen LogP contribution is 2.43. The van der Waals surface area contributed by atoms with Gasteiger partial charge in [0.25, 0.3) is 0 Å². The van der Waals surface area contributed by atoms with Crippen molar-refractivity contribution in [2.75, 3.05) is 0 Å². The molecule has 0 atom stereocenters. The van der Waals surface area contributed by atoms with Gasteiger partial charge in [0.1, 0.15) is 0 Å². The Bertz CT molecular complexity index is 917. The Morgan fingerprint density at radius 1 is 0.741 bits per heavy atom. The van der Waals surface area contributed by atoms with Gasteiger partial charge in [0, 0.05) is 9.75 Å². The summed E-state index contributed by atoms with van der Waals surface area (Å²) < 4.78 is 0. The van der Waals surface area contributed by atoms with E-state index in [1.54, 1.807) is 0 Å². The van der Waals surface area contributed by atoms with Crippen molar-refractivity contribution in [1.29, 1.82) is 0 Å². The first-order chi connectivity index (χ1) is 12.8. The maximum absolute atomic E-state index is 6.83. The molecule has 0 saturated carbocycles. The van der Waals surface area contributed by atoms with Gasteiger partial charge in [-0.15, -0.1) is 11.3 Å². The largest absolute Gasteiger partial charge is 0.135 e. The lowest BCUT2D eigenvalue weighted by Gasteiger charge is -2.34. The molecule has 27 heavy (non-hydrogen) atoms.